The maximum absolute atomic E-state index is 6.05. The van der Waals surface area contributed by atoms with Crippen molar-refractivity contribution in [2.45, 2.75) is 0 Å². The minimum Gasteiger partial charge on any atom is -0.277 e. The highest BCUT2D eigenvalue weighted by atomic mass is 35.5. The maximum Gasteiger partial charge on any atom is 0.156 e. The third-order valence-corrected chi connectivity index (χ3v) is 2.69. The highest BCUT2D eigenvalue weighted by Gasteiger charge is 1.98. The molecule has 0 heterocycles. The minimum atomic E-state index is 0.417. The second kappa shape index (κ2) is 5.71. The summed E-state index contributed by atoms with van der Waals surface area (Å²) < 4.78 is 0. The minimum absolute atomic E-state index is 0.417. The lowest BCUT2D eigenvalue weighted by Crippen LogP contribution is -1.96. The van der Waals surface area contributed by atoms with Gasteiger partial charge in [0.25, 0.3) is 0 Å². The summed E-state index contributed by atoms with van der Waals surface area (Å²) in [6.45, 7) is 0. The van der Waals surface area contributed by atoms with E-state index in [-0.39, 0.29) is 0 Å². The lowest BCUT2D eigenvalue weighted by molar-refractivity contribution is 1.34. The van der Waals surface area contributed by atoms with Crippen molar-refractivity contribution in [2.75, 3.05) is 5.43 Å². The zero-order chi connectivity index (χ0) is 12.1. The first-order valence-corrected chi connectivity index (χ1v) is 5.81. The Morgan fingerprint density at radius 1 is 0.941 bits per heavy atom. The maximum atomic E-state index is 6.05. The molecule has 2 rings (SSSR count). The molecule has 0 radical (unpaired) electrons. The van der Waals surface area contributed by atoms with Crippen molar-refractivity contribution in [2.24, 2.45) is 5.10 Å². The Labute approximate surface area is 110 Å². The smallest absolute Gasteiger partial charge is 0.156 e. The van der Waals surface area contributed by atoms with Gasteiger partial charge in [-0.2, -0.15) is 5.10 Å². The van der Waals surface area contributed by atoms with Gasteiger partial charge in [0.1, 0.15) is 0 Å². The normalized spacial score (nSPS) is 11.3. The summed E-state index contributed by atoms with van der Waals surface area (Å²) in [5.41, 5.74) is 4.57. The molecule has 0 unspecified atom stereocenters. The topological polar surface area (TPSA) is 24.4 Å². The lowest BCUT2D eigenvalue weighted by atomic mass is 10.2. The summed E-state index contributed by atoms with van der Waals surface area (Å²) in [7, 11) is 0. The molecule has 86 valence electrons. The predicted molar refractivity (Wildman–Crippen MR) is 73.9 cm³/mol. The average Bonchev–Trinajstić information content (AvgIpc) is 2.39. The van der Waals surface area contributed by atoms with Crippen LogP contribution in [-0.2, 0) is 0 Å². The third kappa shape index (κ3) is 3.48. The number of hydrazone groups is 1. The molecule has 0 amide bonds. The van der Waals surface area contributed by atoms with Gasteiger partial charge in [0.15, 0.2) is 5.17 Å². The molecule has 0 spiro atoms. The number of nitrogens with zero attached hydrogens (tertiary/aromatic N) is 1. The number of hydrogen-bond donors (Lipinski definition) is 1. The van der Waals surface area contributed by atoms with E-state index in [2.05, 4.69) is 10.5 Å². The zero-order valence-corrected chi connectivity index (χ0v) is 10.4. The standard InChI is InChI=1S/C13H10Cl2N2/c14-11-6-8-12(9-7-11)16-17-13(15)10-4-2-1-3-5-10/h1-9,16H/b17-13+. The predicted octanol–water partition coefficient (Wildman–Crippen LogP) is 4.35. The summed E-state index contributed by atoms with van der Waals surface area (Å²) in [5.74, 6) is 0. The van der Waals surface area contributed by atoms with Crippen LogP contribution in [0.5, 0.6) is 0 Å². The van der Waals surface area contributed by atoms with E-state index in [1.165, 1.54) is 0 Å². The van der Waals surface area contributed by atoms with Gasteiger partial charge in [-0.3, -0.25) is 5.43 Å². The number of rotatable bonds is 3. The summed E-state index contributed by atoms with van der Waals surface area (Å²) >= 11 is 11.8. The van der Waals surface area contributed by atoms with Gasteiger partial charge < -0.3 is 0 Å². The van der Waals surface area contributed by atoms with Gasteiger partial charge in [-0.15, -0.1) is 0 Å². The molecule has 1 N–H and O–H groups in total. The molecule has 0 atom stereocenters. The van der Waals surface area contributed by atoms with Crippen molar-refractivity contribution in [3.05, 3.63) is 65.2 Å². The summed E-state index contributed by atoms with van der Waals surface area (Å²) in [5, 5.41) is 5.19. The molecule has 0 bridgehead atoms. The first kappa shape index (κ1) is 12.0. The van der Waals surface area contributed by atoms with Crippen molar-refractivity contribution in [1.82, 2.24) is 0 Å². The fourth-order valence-electron chi connectivity index (χ4n) is 1.28. The van der Waals surface area contributed by atoms with Crippen LogP contribution < -0.4 is 5.43 Å². The molecule has 17 heavy (non-hydrogen) atoms. The molecule has 4 heteroatoms. The molecule has 0 saturated heterocycles. The van der Waals surface area contributed by atoms with Crippen LogP contribution in [0.15, 0.2) is 59.7 Å². The highest BCUT2D eigenvalue weighted by Crippen LogP contribution is 2.14. The van der Waals surface area contributed by atoms with Gasteiger partial charge >= 0.3 is 0 Å². The van der Waals surface area contributed by atoms with Gasteiger partial charge in [0, 0.05) is 10.6 Å². The Bertz CT molecular complexity index is 507. The summed E-state index contributed by atoms with van der Waals surface area (Å²) in [4.78, 5) is 0. The van der Waals surface area contributed by atoms with E-state index >= 15 is 0 Å². The molecule has 0 aliphatic rings. The Hall–Kier alpha value is -1.51. The third-order valence-electron chi connectivity index (χ3n) is 2.14. The van der Waals surface area contributed by atoms with Gasteiger partial charge in [-0.05, 0) is 24.3 Å². The Kier molecular flexibility index (Phi) is 4.02. The van der Waals surface area contributed by atoms with Crippen molar-refractivity contribution in [1.29, 1.82) is 0 Å². The van der Waals surface area contributed by atoms with E-state index in [4.69, 9.17) is 23.2 Å². The molecule has 0 aliphatic heterocycles. The fraction of sp³-hybridized carbons (Fsp3) is 0. The molecule has 0 saturated carbocycles. The van der Waals surface area contributed by atoms with Crippen LogP contribution in [0.4, 0.5) is 5.69 Å². The zero-order valence-electron chi connectivity index (χ0n) is 8.90. The van der Waals surface area contributed by atoms with Gasteiger partial charge in [0.2, 0.25) is 0 Å². The molecule has 0 fully saturated rings. The van der Waals surface area contributed by atoms with Crippen LogP contribution in [0.25, 0.3) is 0 Å². The molecular weight excluding hydrogens is 255 g/mol. The van der Waals surface area contributed by atoms with Gasteiger partial charge in [-0.1, -0.05) is 53.5 Å². The second-order valence-corrected chi connectivity index (χ2v) is 4.18. The Balaban J connectivity index is 2.08. The Morgan fingerprint density at radius 2 is 1.59 bits per heavy atom. The van der Waals surface area contributed by atoms with Gasteiger partial charge in [0.05, 0.1) is 5.69 Å². The van der Waals surface area contributed by atoms with Crippen LogP contribution in [-0.4, -0.2) is 5.17 Å². The first-order valence-electron chi connectivity index (χ1n) is 5.06. The summed E-state index contributed by atoms with van der Waals surface area (Å²) in [6.07, 6.45) is 0. The van der Waals surface area contributed by atoms with E-state index < -0.39 is 0 Å². The number of halogens is 2. The second-order valence-electron chi connectivity index (χ2n) is 3.39. The van der Waals surface area contributed by atoms with Crippen molar-refractivity contribution < 1.29 is 0 Å². The van der Waals surface area contributed by atoms with Crippen molar-refractivity contribution in [3.63, 3.8) is 0 Å². The fourth-order valence-corrected chi connectivity index (χ4v) is 1.57. The van der Waals surface area contributed by atoms with Crippen LogP contribution in [0, 0.1) is 0 Å². The summed E-state index contributed by atoms with van der Waals surface area (Å²) in [6, 6.07) is 16.8. The molecule has 0 aromatic heterocycles. The SMILES string of the molecule is Cl/C(=N/Nc1ccc(Cl)cc1)c1ccccc1. The Morgan fingerprint density at radius 3 is 2.24 bits per heavy atom. The van der Waals surface area contributed by atoms with E-state index in [1.807, 2.05) is 42.5 Å². The lowest BCUT2D eigenvalue weighted by Gasteiger charge is -2.02. The van der Waals surface area contributed by atoms with Crippen LogP contribution in [0.1, 0.15) is 5.56 Å². The molecule has 2 nitrogen and oxygen atoms in total. The highest BCUT2D eigenvalue weighted by molar-refractivity contribution is 6.69. The van der Waals surface area contributed by atoms with E-state index in [9.17, 15) is 0 Å². The molecule has 2 aromatic rings. The number of hydrogen-bond acceptors (Lipinski definition) is 2. The largest absolute Gasteiger partial charge is 0.277 e. The number of anilines is 1. The van der Waals surface area contributed by atoms with E-state index in [0.29, 0.717) is 10.2 Å². The van der Waals surface area contributed by atoms with E-state index in [0.717, 1.165) is 11.3 Å². The number of nitrogens with one attached hydrogen (secondary N) is 1. The monoisotopic (exact) mass is 264 g/mol. The van der Waals surface area contributed by atoms with Crippen molar-refractivity contribution in [3.8, 4) is 0 Å². The quantitative estimate of drug-likeness (QED) is 0.647. The van der Waals surface area contributed by atoms with Crippen molar-refractivity contribution >= 4 is 34.1 Å². The average molecular weight is 265 g/mol. The molecular formula is C13H10Cl2N2. The molecule has 0 aliphatic carbocycles. The van der Waals surface area contributed by atoms with Crippen LogP contribution >= 0.6 is 23.2 Å². The van der Waals surface area contributed by atoms with Crippen LogP contribution in [0.2, 0.25) is 5.02 Å². The first-order chi connectivity index (χ1) is 8.25. The van der Waals surface area contributed by atoms with Crippen LogP contribution in [0.3, 0.4) is 0 Å². The molecule has 2 aromatic carbocycles. The van der Waals surface area contributed by atoms with Gasteiger partial charge in [-0.25, -0.2) is 0 Å². The number of benzene rings is 2. The van der Waals surface area contributed by atoms with E-state index in [1.54, 1.807) is 12.1 Å².